The molecule has 0 aliphatic carbocycles. The van der Waals surface area contributed by atoms with E-state index in [2.05, 4.69) is 16.5 Å². The Kier molecular flexibility index (Phi) is 3.01. The zero-order chi connectivity index (χ0) is 14.3. The van der Waals surface area contributed by atoms with Crippen LogP contribution in [-0.2, 0) is 4.79 Å². The van der Waals surface area contributed by atoms with E-state index in [0.29, 0.717) is 13.0 Å². The van der Waals surface area contributed by atoms with Crippen LogP contribution < -0.4 is 4.90 Å². The van der Waals surface area contributed by atoms with Gasteiger partial charge >= 0.3 is 0 Å². The minimum absolute atomic E-state index is 0.144. The van der Waals surface area contributed by atoms with Gasteiger partial charge in [0.25, 0.3) is 0 Å². The number of aryl methyl sites for hydroxylation is 2. The van der Waals surface area contributed by atoms with Crippen LogP contribution in [0.4, 0.5) is 5.69 Å². The third kappa shape index (κ3) is 2.07. The molecule has 1 aromatic heterocycles. The molecule has 1 atom stereocenters. The topological polar surface area (TPSA) is 46.1 Å². The Hall–Kier alpha value is -2.23. The summed E-state index contributed by atoms with van der Waals surface area (Å²) in [4.78, 5) is 22.9. The first-order valence-electron chi connectivity index (χ1n) is 6.76. The molecule has 0 N–H and O–H groups in total. The number of amides is 1. The number of hydrogen-bond acceptors (Lipinski definition) is 3. The number of rotatable bonds is 2. The van der Waals surface area contributed by atoms with E-state index in [0.717, 1.165) is 28.1 Å². The normalized spacial score (nSPS) is 18.8. The van der Waals surface area contributed by atoms with Crippen LogP contribution in [0.1, 0.15) is 17.8 Å². The number of hydrogen-bond donors (Lipinski definition) is 0. The van der Waals surface area contributed by atoms with Gasteiger partial charge in [-0.2, -0.15) is 0 Å². The van der Waals surface area contributed by atoms with Crippen molar-refractivity contribution in [1.29, 1.82) is 0 Å². The van der Waals surface area contributed by atoms with Crippen LogP contribution >= 0.6 is 0 Å². The lowest BCUT2D eigenvalue weighted by atomic mass is 10.1. The lowest BCUT2D eigenvalue weighted by molar-refractivity contribution is -0.117. The molecule has 0 saturated carbocycles. The SMILES string of the molecule is C=CC1CC(=O)N(c2ccc3nc(C)c(C)nc3c2)C1. The zero-order valence-electron chi connectivity index (χ0n) is 11.8. The van der Waals surface area contributed by atoms with Crippen LogP contribution in [0.3, 0.4) is 0 Å². The average molecular weight is 267 g/mol. The summed E-state index contributed by atoms with van der Waals surface area (Å²) < 4.78 is 0. The number of nitrogens with zero attached hydrogens (tertiary/aromatic N) is 3. The van der Waals surface area contributed by atoms with Gasteiger partial charge in [0.05, 0.1) is 22.4 Å². The predicted molar refractivity (Wildman–Crippen MR) is 79.7 cm³/mol. The van der Waals surface area contributed by atoms with Gasteiger partial charge in [-0.25, -0.2) is 9.97 Å². The largest absolute Gasteiger partial charge is 0.312 e. The molecule has 1 fully saturated rings. The number of carbonyl (C=O) groups is 1. The number of anilines is 1. The first-order valence-corrected chi connectivity index (χ1v) is 6.76. The molecule has 2 aromatic rings. The molecule has 1 amide bonds. The molecule has 0 bridgehead atoms. The van der Waals surface area contributed by atoms with E-state index in [1.54, 1.807) is 0 Å². The van der Waals surface area contributed by atoms with Gasteiger partial charge in [-0.3, -0.25) is 4.79 Å². The highest BCUT2D eigenvalue weighted by Gasteiger charge is 2.28. The Balaban J connectivity index is 2.03. The highest BCUT2D eigenvalue weighted by Crippen LogP contribution is 2.27. The number of aromatic nitrogens is 2. The molecule has 2 heterocycles. The van der Waals surface area contributed by atoms with Crippen molar-refractivity contribution in [2.24, 2.45) is 5.92 Å². The second kappa shape index (κ2) is 4.71. The molecule has 1 saturated heterocycles. The second-order valence-electron chi connectivity index (χ2n) is 5.27. The smallest absolute Gasteiger partial charge is 0.227 e. The molecule has 1 unspecified atom stereocenters. The minimum Gasteiger partial charge on any atom is -0.312 e. The second-order valence-corrected chi connectivity index (χ2v) is 5.27. The van der Waals surface area contributed by atoms with Crippen molar-refractivity contribution in [3.8, 4) is 0 Å². The Bertz CT molecular complexity index is 708. The summed E-state index contributed by atoms with van der Waals surface area (Å²) in [5.74, 6) is 0.384. The van der Waals surface area contributed by atoms with Crippen molar-refractivity contribution in [3.63, 3.8) is 0 Å². The first-order chi connectivity index (χ1) is 9.58. The minimum atomic E-state index is 0.144. The quantitative estimate of drug-likeness (QED) is 0.786. The van der Waals surface area contributed by atoms with Gasteiger partial charge in [-0.1, -0.05) is 6.08 Å². The van der Waals surface area contributed by atoms with Gasteiger partial charge in [-0.05, 0) is 32.0 Å². The van der Waals surface area contributed by atoms with E-state index in [1.807, 2.05) is 43.0 Å². The standard InChI is InChI=1S/C16H17N3O/c1-4-12-7-16(20)19(9-12)13-5-6-14-15(8-13)18-11(3)10(2)17-14/h4-6,8,12H,1,7,9H2,2-3H3. The maximum absolute atomic E-state index is 12.0. The fourth-order valence-corrected chi connectivity index (χ4v) is 2.53. The fraction of sp³-hybridized carbons (Fsp3) is 0.312. The Morgan fingerprint density at radius 3 is 2.60 bits per heavy atom. The molecule has 4 nitrogen and oxygen atoms in total. The summed E-state index contributed by atoms with van der Waals surface area (Å²) in [6, 6.07) is 5.81. The third-order valence-electron chi connectivity index (χ3n) is 3.86. The summed E-state index contributed by atoms with van der Waals surface area (Å²) >= 11 is 0. The lowest BCUT2D eigenvalue weighted by Gasteiger charge is -2.16. The van der Waals surface area contributed by atoms with Gasteiger partial charge in [0.2, 0.25) is 5.91 Å². The van der Waals surface area contributed by atoms with Crippen molar-refractivity contribution in [1.82, 2.24) is 9.97 Å². The first kappa shape index (κ1) is 12.8. The molecule has 20 heavy (non-hydrogen) atoms. The molecule has 102 valence electrons. The number of carbonyl (C=O) groups excluding carboxylic acids is 1. The summed E-state index contributed by atoms with van der Waals surface area (Å²) in [6.45, 7) is 8.38. The van der Waals surface area contributed by atoms with E-state index in [-0.39, 0.29) is 11.8 Å². The predicted octanol–water partition coefficient (Wildman–Crippen LogP) is 2.79. The van der Waals surface area contributed by atoms with Crippen molar-refractivity contribution >= 4 is 22.6 Å². The molecule has 1 aliphatic heterocycles. The lowest BCUT2D eigenvalue weighted by Crippen LogP contribution is -2.24. The summed E-state index contributed by atoms with van der Waals surface area (Å²) in [6.07, 6.45) is 2.40. The third-order valence-corrected chi connectivity index (χ3v) is 3.86. The molecule has 0 spiro atoms. The zero-order valence-corrected chi connectivity index (χ0v) is 11.8. The fourth-order valence-electron chi connectivity index (χ4n) is 2.53. The maximum Gasteiger partial charge on any atom is 0.227 e. The van der Waals surface area contributed by atoms with Crippen molar-refractivity contribution < 1.29 is 4.79 Å². The Morgan fingerprint density at radius 1 is 1.25 bits per heavy atom. The van der Waals surface area contributed by atoms with Gasteiger partial charge < -0.3 is 4.90 Å². The van der Waals surface area contributed by atoms with Crippen LogP contribution in [0, 0.1) is 19.8 Å². The van der Waals surface area contributed by atoms with Crippen LogP contribution in [0.25, 0.3) is 11.0 Å². The average Bonchev–Trinajstić information content (AvgIpc) is 2.81. The van der Waals surface area contributed by atoms with Crippen LogP contribution in [0.15, 0.2) is 30.9 Å². The number of benzene rings is 1. The summed E-state index contributed by atoms with van der Waals surface area (Å²) in [5, 5.41) is 0. The molecular formula is C16H17N3O. The maximum atomic E-state index is 12.0. The molecule has 0 radical (unpaired) electrons. The number of fused-ring (bicyclic) bond motifs is 1. The highest BCUT2D eigenvalue weighted by molar-refractivity contribution is 5.97. The van der Waals surface area contributed by atoms with E-state index in [1.165, 1.54) is 0 Å². The van der Waals surface area contributed by atoms with Crippen LogP contribution in [0.5, 0.6) is 0 Å². The van der Waals surface area contributed by atoms with Gasteiger partial charge in [0.15, 0.2) is 0 Å². The molecule has 4 heteroatoms. The van der Waals surface area contributed by atoms with E-state index in [4.69, 9.17) is 0 Å². The van der Waals surface area contributed by atoms with Gasteiger partial charge in [0.1, 0.15) is 0 Å². The molecule has 1 aromatic carbocycles. The van der Waals surface area contributed by atoms with E-state index in [9.17, 15) is 4.79 Å². The monoisotopic (exact) mass is 267 g/mol. The van der Waals surface area contributed by atoms with E-state index < -0.39 is 0 Å². The van der Waals surface area contributed by atoms with Gasteiger partial charge in [-0.15, -0.1) is 6.58 Å². The van der Waals surface area contributed by atoms with Crippen molar-refractivity contribution in [2.75, 3.05) is 11.4 Å². The van der Waals surface area contributed by atoms with Crippen LogP contribution in [0.2, 0.25) is 0 Å². The van der Waals surface area contributed by atoms with Gasteiger partial charge in [0, 0.05) is 24.6 Å². The molecule has 3 rings (SSSR count). The van der Waals surface area contributed by atoms with Crippen LogP contribution in [-0.4, -0.2) is 22.4 Å². The Labute approximate surface area is 118 Å². The molecule has 1 aliphatic rings. The van der Waals surface area contributed by atoms with E-state index >= 15 is 0 Å². The van der Waals surface area contributed by atoms with Crippen molar-refractivity contribution in [2.45, 2.75) is 20.3 Å². The summed E-state index contributed by atoms with van der Waals surface area (Å²) in [7, 11) is 0. The summed E-state index contributed by atoms with van der Waals surface area (Å²) in [5.41, 5.74) is 4.45. The molecular weight excluding hydrogens is 250 g/mol. The van der Waals surface area contributed by atoms with Crippen molar-refractivity contribution in [3.05, 3.63) is 42.2 Å². The highest BCUT2D eigenvalue weighted by atomic mass is 16.2. The Morgan fingerprint density at radius 2 is 1.95 bits per heavy atom.